The fraction of sp³-hybridized carbons (Fsp3) is 0.0417. The number of nitrogens with one attached hydrogen (secondary N) is 1. The molecule has 0 aliphatic carbocycles. The molecule has 0 unspecified atom stereocenters. The van der Waals surface area contributed by atoms with Crippen LogP contribution in [0.25, 0.3) is 10.9 Å². The summed E-state index contributed by atoms with van der Waals surface area (Å²) in [4.78, 5) is 16.7. The molecule has 0 saturated carbocycles. The molecule has 0 atom stereocenters. The van der Waals surface area contributed by atoms with Crippen molar-refractivity contribution in [3.8, 4) is 5.75 Å². The molecular formula is C24H17Cl2N3O2. The van der Waals surface area contributed by atoms with E-state index < -0.39 is 0 Å². The zero-order valence-corrected chi connectivity index (χ0v) is 17.8. The predicted molar refractivity (Wildman–Crippen MR) is 124 cm³/mol. The number of ether oxygens (including phenoxy) is 1. The highest BCUT2D eigenvalue weighted by Crippen LogP contribution is 2.23. The highest BCUT2D eigenvalue weighted by Gasteiger charge is 2.06. The summed E-state index contributed by atoms with van der Waals surface area (Å²) in [5, 5.41) is 6.19. The Kier molecular flexibility index (Phi) is 6.46. The second-order valence-corrected chi connectivity index (χ2v) is 7.51. The monoisotopic (exact) mass is 449 g/mol. The molecule has 0 bridgehead atoms. The van der Waals surface area contributed by atoms with Gasteiger partial charge >= 0.3 is 0 Å². The Morgan fingerprint density at radius 1 is 1.03 bits per heavy atom. The molecule has 0 spiro atoms. The summed E-state index contributed by atoms with van der Waals surface area (Å²) >= 11 is 12.1. The number of fused-ring (bicyclic) bond motifs is 1. The summed E-state index contributed by atoms with van der Waals surface area (Å²) in [6.07, 6.45) is 3.31. The first-order valence-corrected chi connectivity index (χ1v) is 10.2. The average Bonchev–Trinajstić information content (AvgIpc) is 2.79. The molecule has 1 aromatic heterocycles. The lowest BCUT2D eigenvalue weighted by atomic mass is 10.1. The molecular weight excluding hydrogens is 433 g/mol. The van der Waals surface area contributed by atoms with Crippen LogP contribution in [0.15, 0.2) is 84.1 Å². The third-order valence-corrected chi connectivity index (χ3v) is 5.15. The number of aromatic nitrogens is 1. The first-order chi connectivity index (χ1) is 15.1. The molecule has 0 saturated heterocycles. The van der Waals surface area contributed by atoms with E-state index in [1.54, 1.807) is 48.8 Å². The molecule has 0 aliphatic heterocycles. The molecule has 1 heterocycles. The van der Waals surface area contributed by atoms with Gasteiger partial charge in [0.05, 0.1) is 11.7 Å². The van der Waals surface area contributed by atoms with Crippen molar-refractivity contribution in [3.63, 3.8) is 0 Å². The fourth-order valence-electron chi connectivity index (χ4n) is 2.96. The highest BCUT2D eigenvalue weighted by atomic mass is 35.5. The van der Waals surface area contributed by atoms with E-state index in [2.05, 4.69) is 15.5 Å². The van der Waals surface area contributed by atoms with Crippen LogP contribution in [0.3, 0.4) is 0 Å². The van der Waals surface area contributed by atoms with Crippen LogP contribution < -0.4 is 10.2 Å². The maximum Gasteiger partial charge on any atom is 0.271 e. The van der Waals surface area contributed by atoms with Crippen LogP contribution in [-0.2, 0) is 6.61 Å². The van der Waals surface area contributed by atoms with Gasteiger partial charge in [-0.1, -0.05) is 53.5 Å². The highest BCUT2D eigenvalue weighted by molar-refractivity contribution is 6.35. The number of hydrogen-bond donors (Lipinski definition) is 1. The smallest absolute Gasteiger partial charge is 0.271 e. The van der Waals surface area contributed by atoms with Crippen LogP contribution in [0.5, 0.6) is 5.75 Å². The van der Waals surface area contributed by atoms with Crippen molar-refractivity contribution in [1.29, 1.82) is 0 Å². The van der Waals surface area contributed by atoms with Crippen LogP contribution >= 0.6 is 23.2 Å². The van der Waals surface area contributed by atoms with Crippen molar-refractivity contribution < 1.29 is 9.53 Å². The van der Waals surface area contributed by atoms with Crippen LogP contribution in [0, 0.1) is 0 Å². The van der Waals surface area contributed by atoms with Crippen LogP contribution in [0.1, 0.15) is 21.5 Å². The first kappa shape index (κ1) is 20.8. The van der Waals surface area contributed by atoms with E-state index >= 15 is 0 Å². The van der Waals surface area contributed by atoms with Gasteiger partial charge in [0.25, 0.3) is 5.91 Å². The molecule has 0 radical (unpaired) electrons. The molecule has 0 aliphatic rings. The van der Waals surface area contributed by atoms with Gasteiger partial charge in [0, 0.05) is 38.3 Å². The van der Waals surface area contributed by atoms with E-state index in [1.165, 1.54) is 0 Å². The second-order valence-electron chi connectivity index (χ2n) is 6.67. The Balaban J connectivity index is 1.36. The van der Waals surface area contributed by atoms with Crippen LogP contribution in [-0.4, -0.2) is 17.1 Å². The van der Waals surface area contributed by atoms with Gasteiger partial charge in [-0.05, 0) is 42.5 Å². The van der Waals surface area contributed by atoms with Gasteiger partial charge < -0.3 is 4.74 Å². The number of rotatable bonds is 6. The van der Waals surface area contributed by atoms with E-state index in [4.69, 9.17) is 27.9 Å². The standard InChI is InChI=1S/C24H17Cl2N3O2/c25-20-9-6-19(22(26)13-20)15-31-21-10-7-17(8-11-21)24(30)29-28-14-18-4-1-3-16-5-2-12-27-23(16)18/h1-14H,15H2,(H,29,30)/b28-14-. The third kappa shape index (κ3) is 5.20. The average molecular weight is 450 g/mol. The summed E-state index contributed by atoms with van der Waals surface area (Å²) < 4.78 is 5.73. The van der Waals surface area contributed by atoms with Gasteiger partial charge in [-0.15, -0.1) is 0 Å². The quantitative estimate of drug-likeness (QED) is 0.295. The molecule has 31 heavy (non-hydrogen) atoms. The van der Waals surface area contributed by atoms with E-state index in [0.29, 0.717) is 28.0 Å². The number of nitrogens with zero attached hydrogens (tertiary/aromatic N) is 2. The van der Waals surface area contributed by atoms with Crippen molar-refractivity contribution >= 4 is 46.2 Å². The zero-order chi connectivity index (χ0) is 21.6. The Morgan fingerprint density at radius 2 is 1.84 bits per heavy atom. The zero-order valence-electron chi connectivity index (χ0n) is 16.3. The van der Waals surface area contributed by atoms with E-state index in [9.17, 15) is 4.79 Å². The maximum absolute atomic E-state index is 12.4. The molecule has 154 valence electrons. The number of halogens is 2. The molecule has 1 amide bonds. The molecule has 7 heteroatoms. The largest absolute Gasteiger partial charge is 0.489 e. The lowest BCUT2D eigenvalue weighted by molar-refractivity contribution is 0.0955. The molecule has 4 rings (SSSR count). The minimum Gasteiger partial charge on any atom is -0.489 e. The first-order valence-electron chi connectivity index (χ1n) is 9.44. The number of hydrazone groups is 1. The Hall–Kier alpha value is -3.41. The second kappa shape index (κ2) is 9.60. The molecule has 3 aromatic carbocycles. The molecule has 5 nitrogen and oxygen atoms in total. The Bertz CT molecular complexity index is 1250. The summed E-state index contributed by atoms with van der Waals surface area (Å²) in [5.41, 5.74) is 5.47. The number of para-hydroxylation sites is 1. The number of carbonyl (C=O) groups is 1. The van der Waals surface area contributed by atoms with Crippen molar-refractivity contribution in [2.75, 3.05) is 0 Å². The third-order valence-electron chi connectivity index (χ3n) is 4.56. The normalized spacial score (nSPS) is 11.0. The minimum absolute atomic E-state index is 0.297. The molecule has 4 aromatic rings. The van der Waals surface area contributed by atoms with Gasteiger partial charge in [-0.3, -0.25) is 9.78 Å². The lowest BCUT2D eigenvalue weighted by Gasteiger charge is -2.08. The van der Waals surface area contributed by atoms with Crippen molar-refractivity contribution in [1.82, 2.24) is 10.4 Å². The van der Waals surface area contributed by atoms with Gasteiger partial charge in [0.2, 0.25) is 0 Å². The van der Waals surface area contributed by atoms with Crippen molar-refractivity contribution in [2.24, 2.45) is 5.10 Å². The van der Waals surface area contributed by atoms with Gasteiger partial charge in [-0.2, -0.15) is 5.10 Å². The van der Waals surface area contributed by atoms with E-state index in [0.717, 1.165) is 22.0 Å². The Labute approximate surface area is 189 Å². The fourth-order valence-corrected chi connectivity index (χ4v) is 3.42. The number of pyridine rings is 1. The van der Waals surface area contributed by atoms with Crippen LogP contribution in [0.4, 0.5) is 0 Å². The molecule has 0 fully saturated rings. The van der Waals surface area contributed by atoms with E-state index in [1.807, 2.05) is 36.4 Å². The van der Waals surface area contributed by atoms with Crippen molar-refractivity contribution in [2.45, 2.75) is 6.61 Å². The topological polar surface area (TPSA) is 63.6 Å². The molecule has 1 N–H and O–H groups in total. The summed E-state index contributed by atoms with van der Waals surface area (Å²) in [5.74, 6) is 0.296. The van der Waals surface area contributed by atoms with Crippen LogP contribution in [0.2, 0.25) is 10.0 Å². The van der Waals surface area contributed by atoms with Gasteiger partial charge in [-0.25, -0.2) is 5.43 Å². The number of benzene rings is 3. The lowest BCUT2D eigenvalue weighted by Crippen LogP contribution is -2.17. The number of amides is 1. The van der Waals surface area contributed by atoms with E-state index in [-0.39, 0.29) is 5.91 Å². The number of carbonyl (C=O) groups excluding carboxylic acids is 1. The van der Waals surface area contributed by atoms with Gasteiger partial charge in [0.1, 0.15) is 12.4 Å². The summed E-state index contributed by atoms with van der Waals surface area (Å²) in [6.45, 7) is 0.297. The Morgan fingerprint density at radius 3 is 2.65 bits per heavy atom. The summed E-state index contributed by atoms with van der Waals surface area (Å²) in [6, 6.07) is 21.7. The van der Waals surface area contributed by atoms with Crippen molar-refractivity contribution in [3.05, 3.63) is 106 Å². The van der Waals surface area contributed by atoms with Gasteiger partial charge in [0.15, 0.2) is 0 Å². The number of hydrogen-bond acceptors (Lipinski definition) is 4. The minimum atomic E-state index is -0.322. The maximum atomic E-state index is 12.4. The SMILES string of the molecule is O=C(N/N=C\c1cccc2cccnc12)c1ccc(OCc2ccc(Cl)cc2Cl)cc1. The predicted octanol–water partition coefficient (Wildman–Crippen LogP) is 5.88. The summed E-state index contributed by atoms with van der Waals surface area (Å²) in [7, 11) is 0.